The molecule has 0 aliphatic carbocycles. The number of sulfonamides is 1. The number of halogens is 2. The molecule has 0 spiro atoms. The molecule has 6 nitrogen and oxygen atoms in total. The van der Waals surface area contributed by atoms with Gasteiger partial charge in [-0.2, -0.15) is 0 Å². The fourth-order valence-corrected chi connectivity index (χ4v) is 4.20. The molecule has 0 atom stereocenters. The Labute approximate surface area is 178 Å². The molecule has 0 unspecified atom stereocenters. The maximum atomic E-state index is 13.6. The van der Waals surface area contributed by atoms with Crippen LogP contribution in [0.4, 0.5) is 15.8 Å². The number of amides is 1. The van der Waals surface area contributed by atoms with E-state index in [1.165, 1.54) is 24.3 Å². The zero-order valence-corrected chi connectivity index (χ0v) is 17.4. The normalized spacial score (nSPS) is 11.0. The number of anilines is 2. The number of carbonyl (C=O) groups is 1. The van der Waals surface area contributed by atoms with E-state index in [9.17, 15) is 17.6 Å². The average molecular weight is 449 g/mol. The molecule has 0 saturated carbocycles. The summed E-state index contributed by atoms with van der Waals surface area (Å²) in [7, 11) is -3.95. The molecular formula is C21H18ClFN2O4S. The van der Waals surface area contributed by atoms with Crippen LogP contribution < -0.4 is 14.8 Å². The quantitative estimate of drug-likeness (QED) is 0.553. The van der Waals surface area contributed by atoms with E-state index >= 15 is 0 Å². The SMILES string of the molecule is Cc1ccc(NC(=O)COc2ccccc2F)cc1S(=O)(=O)Nc1ccccc1Cl. The molecule has 0 radical (unpaired) electrons. The first-order valence-electron chi connectivity index (χ1n) is 8.81. The summed E-state index contributed by atoms with van der Waals surface area (Å²) in [6, 6.07) is 16.6. The van der Waals surface area contributed by atoms with Gasteiger partial charge in [0, 0.05) is 5.69 Å². The van der Waals surface area contributed by atoms with Crippen LogP contribution in [-0.4, -0.2) is 20.9 Å². The second kappa shape index (κ2) is 9.15. The van der Waals surface area contributed by atoms with Crippen molar-refractivity contribution in [3.63, 3.8) is 0 Å². The van der Waals surface area contributed by atoms with Gasteiger partial charge in [-0.05, 0) is 48.9 Å². The van der Waals surface area contributed by atoms with Crippen molar-refractivity contribution in [1.82, 2.24) is 0 Å². The molecule has 0 bridgehead atoms. The van der Waals surface area contributed by atoms with Gasteiger partial charge < -0.3 is 10.1 Å². The lowest BCUT2D eigenvalue weighted by molar-refractivity contribution is -0.118. The van der Waals surface area contributed by atoms with Crippen LogP contribution in [0.3, 0.4) is 0 Å². The van der Waals surface area contributed by atoms with Gasteiger partial charge in [-0.15, -0.1) is 0 Å². The zero-order chi connectivity index (χ0) is 21.7. The van der Waals surface area contributed by atoms with Crippen molar-refractivity contribution in [2.24, 2.45) is 0 Å². The van der Waals surface area contributed by atoms with Gasteiger partial charge in [0.25, 0.3) is 15.9 Å². The van der Waals surface area contributed by atoms with Crippen molar-refractivity contribution >= 4 is 38.9 Å². The van der Waals surface area contributed by atoms with E-state index in [1.54, 1.807) is 49.4 Å². The highest BCUT2D eigenvalue weighted by molar-refractivity contribution is 7.92. The van der Waals surface area contributed by atoms with E-state index in [1.807, 2.05) is 0 Å². The van der Waals surface area contributed by atoms with Crippen LogP contribution in [0.2, 0.25) is 5.02 Å². The highest BCUT2D eigenvalue weighted by Crippen LogP contribution is 2.27. The van der Waals surface area contributed by atoms with Crippen molar-refractivity contribution in [1.29, 1.82) is 0 Å². The summed E-state index contributed by atoms with van der Waals surface area (Å²) in [5.41, 5.74) is 0.976. The van der Waals surface area contributed by atoms with E-state index in [-0.39, 0.29) is 27.0 Å². The van der Waals surface area contributed by atoms with E-state index < -0.39 is 28.4 Å². The summed E-state index contributed by atoms with van der Waals surface area (Å²) in [5.74, 6) is -1.20. The lowest BCUT2D eigenvalue weighted by Crippen LogP contribution is -2.21. The van der Waals surface area contributed by atoms with Gasteiger partial charge in [0.2, 0.25) is 0 Å². The van der Waals surface area contributed by atoms with Crippen LogP contribution in [0.5, 0.6) is 5.75 Å². The summed E-state index contributed by atoms with van der Waals surface area (Å²) in [4.78, 5) is 12.1. The maximum absolute atomic E-state index is 13.6. The molecule has 3 rings (SSSR count). The number of nitrogens with one attached hydrogen (secondary N) is 2. The Morgan fingerprint density at radius 3 is 2.50 bits per heavy atom. The minimum absolute atomic E-state index is 0.0183. The van der Waals surface area contributed by atoms with Crippen LogP contribution in [0.15, 0.2) is 71.6 Å². The molecule has 2 N–H and O–H groups in total. The number of aryl methyl sites for hydroxylation is 1. The molecular weight excluding hydrogens is 431 g/mol. The van der Waals surface area contributed by atoms with Gasteiger partial charge in [0.05, 0.1) is 15.6 Å². The molecule has 0 saturated heterocycles. The van der Waals surface area contributed by atoms with Crippen molar-refractivity contribution in [2.75, 3.05) is 16.6 Å². The number of carbonyl (C=O) groups excluding carboxylic acids is 1. The molecule has 30 heavy (non-hydrogen) atoms. The second-order valence-corrected chi connectivity index (χ2v) is 8.39. The Balaban J connectivity index is 1.73. The first-order chi connectivity index (χ1) is 14.3. The Bertz CT molecular complexity index is 1190. The molecule has 156 valence electrons. The highest BCUT2D eigenvalue weighted by Gasteiger charge is 2.19. The summed E-state index contributed by atoms with van der Waals surface area (Å²) < 4.78 is 46.8. The molecule has 0 aliphatic rings. The topological polar surface area (TPSA) is 84.5 Å². The first-order valence-corrected chi connectivity index (χ1v) is 10.7. The Kier molecular flexibility index (Phi) is 6.59. The Morgan fingerprint density at radius 2 is 1.77 bits per heavy atom. The molecule has 0 heterocycles. The molecule has 1 amide bonds. The van der Waals surface area contributed by atoms with Crippen LogP contribution in [0.25, 0.3) is 0 Å². The largest absolute Gasteiger partial charge is 0.481 e. The Hall–Kier alpha value is -3.10. The maximum Gasteiger partial charge on any atom is 0.262 e. The molecule has 0 fully saturated rings. The van der Waals surface area contributed by atoms with Crippen LogP contribution in [0, 0.1) is 12.7 Å². The van der Waals surface area contributed by atoms with Gasteiger partial charge in [0.1, 0.15) is 0 Å². The number of hydrogen-bond donors (Lipinski definition) is 2. The minimum atomic E-state index is -3.95. The van der Waals surface area contributed by atoms with E-state index in [0.717, 1.165) is 0 Å². The lowest BCUT2D eigenvalue weighted by atomic mass is 10.2. The third-order valence-corrected chi connectivity index (χ3v) is 5.91. The number of ether oxygens (including phenoxy) is 1. The molecule has 9 heteroatoms. The van der Waals surface area contributed by atoms with E-state index in [2.05, 4.69) is 10.0 Å². The monoisotopic (exact) mass is 448 g/mol. The van der Waals surface area contributed by atoms with Crippen molar-refractivity contribution < 1.29 is 22.3 Å². The predicted molar refractivity (Wildman–Crippen MR) is 114 cm³/mol. The van der Waals surface area contributed by atoms with Gasteiger partial charge in [0.15, 0.2) is 18.2 Å². The van der Waals surface area contributed by atoms with E-state index in [4.69, 9.17) is 16.3 Å². The second-order valence-electron chi connectivity index (χ2n) is 6.33. The number of hydrogen-bond acceptors (Lipinski definition) is 4. The van der Waals surface area contributed by atoms with Gasteiger partial charge >= 0.3 is 0 Å². The minimum Gasteiger partial charge on any atom is -0.481 e. The standard InChI is InChI=1S/C21H18ClFN2O4S/c1-14-10-11-15(24-21(26)13-29-19-9-5-3-7-17(19)23)12-20(14)30(27,28)25-18-8-4-2-6-16(18)22/h2-12,25H,13H2,1H3,(H,24,26). The predicted octanol–water partition coefficient (Wildman–Crippen LogP) is 4.61. The van der Waals surface area contributed by atoms with Gasteiger partial charge in [-0.25, -0.2) is 12.8 Å². The number of para-hydroxylation sites is 2. The summed E-state index contributed by atoms with van der Waals surface area (Å²) in [6.45, 7) is 1.20. The molecule has 3 aromatic rings. The number of benzene rings is 3. The van der Waals surface area contributed by atoms with E-state index in [0.29, 0.717) is 5.56 Å². The average Bonchev–Trinajstić information content (AvgIpc) is 2.70. The smallest absolute Gasteiger partial charge is 0.262 e. The summed E-state index contributed by atoms with van der Waals surface area (Å²) in [5, 5.41) is 2.80. The summed E-state index contributed by atoms with van der Waals surface area (Å²) >= 11 is 6.03. The van der Waals surface area contributed by atoms with Crippen LogP contribution in [0.1, 0.15) is 5.56 Å². The van der Waals surface area contributed by atoms with Crippen molar-refractivity contribution in [2.45, 2.75) is 11.8 Å². The fourth-order valence-electron chi connectivity index (χ4n) is 2.61. The summed E-state index contributed by atoms with van der Waals surface area (Å²) in [6.07, 6.45) is 0. The molecule has 3 aromatic carbocycles. The molecule has 0 aromatic heterocycles. The lowest BCUT2D eigenvalue weighted by Gasteiger charge is -2.13. The third kappa shape index (κ3) is 5.28. The van der Waals surface area contributed by atoms with Gasteiger partial charge in [-0.1, -0.05) is 41.9 Å². The van der Waals surface area contributed by atoms with Crippen molar-refractivity contribution in [3.05, 3.63) is 83.1 Å². The Morgan fingerprint density at radius 1 is 1.07 bits per heavy atom. The zero-order valence-electron chi connectivity index (χ0n) is 15.9. The first kappa shape index (κ1) is 21.6. The highest BCUT2D eigenvalue weighted by atomic mass is 35.5. The third-order valence-electron chi connectivity index (χ3n) is 4.08. The fraction of sp³-hybridized carbons (Fsp3) is 0.0952. The van der Waals surface area contributed by atoms with Crippen molar-refractivity contribution in [3.8, 4) is 5.75 Å². The number of rotatable bonds is 7. The van der Waals surface area contributed by atoms with Crippen LogP contribution >= 0.6 is 11.6 Å². The van der Waals surface area contributed by atoms with Crippen LogP contribution in [-0.2, 0) is 14.8 Å². The molecule has 0 aliphatic heterocycles. The van der Waals surface area contributed by atoms with Gasteiger partial charge in [-0.3, -0.25) is 9.52 Å².